The van der Waals surface area contributed by atoms with Crippen LogP contribution >= 0.6 is 0 Å². The van der Waals surface area contributed by atoms with Crippen molar-refractivity contribution in [2.45, 2.75) is 39.7 Å². The standard InChI is InChI=1S/C9H17NO/c1-4-7-9(2,3)8(11)5-6-10-7/h7,10H,4-6H2,1-3H3/t7-/m1/s1. The first-order valence-corrected chi connectivity index (χ1v) is 4.35. The summed E-state index contributed by atoms with van der Waals surface area (Å²) in [5.41, 5.74) is -0.146. The molecule has 1 saturated heterocycles. The van der Waals surface area contributed by atoms with E-state index in [1.54, 1.807) is 0 Å². The highest BCUT2D eigenvalue weighted by atomic mass is 16.1. The van der Waals surface area contributed by atoms with Crippen LogP contribution < -0.4 is 5.32 Å². The van der Waals surface area contributed by atoms with Gasteiger partial charge in [0.1, 0.15) is 5.78 Å². The van der Waals surface area contributed by atoms with Gasteiger partial charge in [-0.3, -0.25) is 4.79 Å². The lowest BCUT2D eigenvalue weighted by molar-refractivity contribution is -0.130. The Morgan fingerprint density at radius 1 is 1.64 bits per heavy atom. The maximum atomic E-state index is 11.4. The number of hydrogen-bond acceptors (Lipinski definition) is 2. The molecule has 0 unspecified atom stereocenters. The Morgan fingerprint density at radius 2 is 2.27 bits per heavy atom. The van der Waals surface area contributed by atoms with E-state index in [4.69, 9.17) is 0 Å². The number of hydrogen-bond donors (Lipinski definition) is 1. The fourth-order valence-electron chi connectivity index (χ4n) is 1.79. The number of nitrogens with one attached hydrogen (secondary N) is 1. The van der Waals surface area contributed by atoms with Gasteiger partial charge < -0.3 is 5.32 Å². The number of ketones is 1. The van der Waals surface area contributed by atoms with Gasteiger partial charge in [-0.25, -0.2) is 0 Å². The molecule has 1 fully saturated rings. The molecule has 0 spiro atoms. The van der Waals surface area contributed by atoms with Crippen molar-refractivity contribution < 1.29 is 4.79 Å². The minimum Gasteiger partial charge on any atom is -0.313 e. The lowest BCUT2D eigenvalue weighted by Crippen LogP contribution is -2.51. The van der Waals surface area contributed by atoms with Gasteiger partial charge in [0.15, 0.2) is 0 Å². The van der Waals surface area contributed by atoms with E-state index in [1.165, 1.54) is 0 Å². The zero-order chi connectivity index (χ0) is 8.48. The van der Waals surface area contributed by atoms with Crippen LogP contribution in [0.15, 0.2) is 0 Å². The Kier molecular flexibility index (Phi) is 2.33. The maximum absolute atomic E-state index is 11.4. The zero-order valence-corrected chi connectivity index (χ0v) is 7.61. The fraction of sp³-hybridized carbons (Fsp3) is 0.889. The van der Waals surface area contributed by atoms with Gasteiger partial charge in [-0.1, -0.05) is 20.8 Å². The molecular weight excluding hydrogens is 138 g/mol. The van der Waals surface area contributed by atoms with Crippen molar-refractivity contribution in [3.05, 3.63) is 0 Å². The zero-order valence-electron chi connectivity index (χ0n) is 7.61. The van der Waals surface area contributed by atoms with Crippen LogP contribution in [0.2, 0.25) is 0 Å². The van der Waals surface area contributed by atoms with Gasteiger partial charge in [-0.15, -0.1) is 0 Å². The predicted molar refractivity (Wildman–Crippen MR) is 45.5 cm³/mol. The van der Waals surface area contributed by atoms with Crippen LogP contribution in [0.3, 0.4) is 0 Å². The Balaban J connectivity index is 2.72. The van der Waals surface area contributed by atoms with Gasteiger partial charge in [0.05, 0.1) is 0 Å². The summed E-state index contributed by atoms with van der Waals surface area (Å²) in [7, 11) is 0. The molecule has 1 rings (SSSR count). The third-order valence-corrected chi connectivity index (χ3v) is 2.74. The van der Waals surface area contributed by atoms with E-state index >= 15 is 0 Å². The smallest absolute Gasteiger partial charge is 0.141 e. The first-order valence-electron chi connectivity index (χ1n) is 4.35. The van der Waals surface area contributed by atoms with Crippen LogP contribution in [0.1, 0.15) is 33.6 Å². The van der Waals surface area contributed by atoms with Crippen LogP contribution in [0.25, 0.3) is 0 Å². The van der Waals surface area contributed by atoms with E-state index < -0.39 is 0 Å². The Labute approximate surface area is 68.4 Å². The van der Waals surface area contributed by atoms with Crippen LogP contribution in [0.4, 0.5) is 0 Å². The molecule has 0 aromatic carbocycles. The molecular formula is C9H17NO. The summed E-state index contributed by atoms with van der Waals surface area (Å²) in [6, 6.07) is 0.378. The van der Waals surface area contributed by atoms with Crippen LogP contribution in [0.5, 0.6) is 0 Å². The molecule has 0 aromatic heterocycles. The average molecular weight is 155 g/mol. The lowest BCUT2D eigenvalue weighted by atomic mass is 9.75. The topological polar surface area (TPSA) is 29.1 Å². The molecule has 11 heavy (non-hydrogen) atoms. The Morgan fingerprint density at radius 3 is 2.73 bits per heavy atom. The second-order valence-corrected chi connectivity index (χ2v) is 3.81. The maximum Gasteiger partial charge on any atom is 0.141 e. The molecule has 1 heterocycles. The number of rotatable bonds is 1. The van der Waals surface area contributed by atoms with E-state index in [-0.39, 0.29) is 5.41 Å². The highest BCUT2D eigenvalue weighted by Crippen LogP contribution is 2.28. The first kappa shape index (κ1) is 8.72. The highest BCUT2D eigenvalue weighted by Gasteiger charge is 2.37. The molecule has 0 radical (unpaired) electrons. The summed E-state index contributed by atoms with van der Waals surface area (Å²) < 4.78 is 0. The second kappa shape index (κ2) is 2.94. The molecule has 1 N–H and O–H groups in total. The second-order valence-electron chi connectivity index (χ2n) is 3.81. The van der Waals surface area contributed by atoms with E-state index in [0.717, 1.165) is 13.0 Å². The van der Waals surface area contributed by atoms with Crippen molar-refractivity contribution >= 4 is 5.78 Å². The summed E-state index contributed by atoms with van der Waals surface area (Å²) >= 11 is 0. The molecule has 0 amide bonds. The molecule has 1 aliphatic rings. The van der Waals surface area contributed by atoms with Crippen LogP contribution in [-0.2, 0) is 4.79 Å². The summed E-state index contributed by atoms with van der Waals surface area (Å²) in [6.07, 6.45) is 1.74. The SMILES string of the molecule is CC[C@H]1NCCC(=O)C1(C)C. The minimum atomic E-state index is -0.146. The lowest BCUT2D eigenvalue weighted by Gasteiger charge is -2.37. The summed E-state index contributed by atoms with van der Waals surface area (Å²) in [5.74, 6) is 0.406. The number of carbonyl (C=O) groups is 1. The van der Waals surface area contributed by atoms with Crippen molar-refractivity contribution in [3.63, 3.8) is 0 Å². The van der Waals surface area contributed by atoms with Gasteiger partial charge in [0.2, 0.25) is 0 Å². The van der Waals surface area contributed by atoms with E-state index in [9.17, 15) is 4.79 Å². The molecule has 2 nitrogen and oxygen atoms in total. The number of piperidine rings is 1. The summed E-state index contributed by atoms with van der Waals surface area (Å²) in [6.45, 7) is 7.06. The highest BCUT2D eigenvalue weighted by molar-refractivity contribution is 5.85. The Hall–Kier alpha value is -0.370. The predicted octanol–water partition coefficient (Wildman–Crippen LogP) is 1.35. The molecule has 0 aromatic rings. The largest absolute Gasteiger partial charge is 0.313 e. The molecule has 0 bridgehead atoms. The monoisotopic (exact) mass is 155 g/mol. The van der Waals surface area contributed by atoms with E-state index in [1.807, 2.05) is 13.8 Å². The third kappa shape index (κ3) is 1.45. The molecule has 1 aliphatic heterocycles. The minimum absolute atomic E-state index is 0.146. The molecule has 2 heteroatoms. The van der Waals surface area contributed by atoms with Gasteiger partial charge in [-0.2, -0.15) is 0 Å². The molecule has 0 saturated carbocycles. The molecule has 0 aliphatic carbocycles. The first-order chi connectivity index (χ1) is 5.09. The third-order valence-electron chi connectivity index (χ3n) is 2.74. The number of Topliss-reactive ketones (excluding diaryl/α,β-unsaturated/α-hetero) is 1. The van der Waals surface area contributed by atoms with Crippen molar-refractivity contribution in [2.24, 2.45) is 5.41 Å². The molecule has 64 valence electrons. The van der Waals surface area contributed by atoms with Crippen molar-refractivity contribution in [1.82, 2.24) is 5.32 Å². The van der Waals surface area contributed by atoms with E-state index in [0.29, 0.717) is 18.2 Å². The van der Waals surface area contributed by atoms with Crippen LogP contribution in [0, 0.1) is 5.41 Å². The van der Waals surface area contributed by atoms with Crippen LogP contribution in [-0.4, -0.2) is 18.4 Å². The summed E-state index contributed by atoms with van der Waals surface area (Å²) in [5, 5.41) is 3.37. The van der Waals surface area contributed by atoms with Crippen molar-refractivity contribution in [1.29, 1.82) is 0 Å². The molecule has 1 atom stereocenters. The van der Waals surface area contributed by atoms with Crippen molar-refractivity contribution in [3.8, 4) is 0 Å². The van der Waals surface area contributed by atoms with Crippen molar-refractivity contribution in [2.75, 3.05) is 6.54 Å². The Bertz CT molecular complexity index is 163. The van der Waals surface area contributed by atoms with Gasteiger partial charge in [-0.05, 0) is 6.42 Å². The average Bonchev–Trinajstić information content (AvgIpc) is 1.95. The van der Waals surface area contributed by atoms with Gasteiger partial charge in [0.25, 0.3) is 0 Å². The van der Waals surface area contributed by atoms with Gasteiger partial charge in [0, 0.05) is 24.4 Å². The fourth-order valence-corrected chi connectivity index (χ4v) is 1.79. The van der Waals surface area contributed by atoms with E-state index in [2.05, 4.69) is 12.2 Å². The number of carbonyl (C=O) groups excluding carboxylic acids is 1. The van der Waals surface area contributed by atoms with Gasteiger partial charge >= 0.3 is 0 Å². The normalized spacial score (nSPS) is 30.5. The summed E-state index contributed by atoms with van der Waals surface area (Å²) in [4.78, 5) is 11.4. The quantitative estimate of drug-likeness (QED) is 0.619.